The van der Waals surface area contributed by atoms with Crippen molar-refractivity contribution in [1.29, 1.82) is 0 Å². The molecule has 0 radical (unpaired) electrons. The Hall–Kier alpha value is -0.440. The third-order valence-electron chi connectivity index (χ3n) is 3.07. The largest absolute Gasteiger partial charge is 0.493 e. The van der Waals surface area contributed by atoms with E-state index in [-0.39, 0.29) is 18.4 Å². The molecule has 0 aliphatic carbocycles. The summed E-state index contributed by atoms with van der Waals surface area (Å²) in [6, 6.07) is 2.12. The summed E-state index contributed by atoms with van der Waals surface area (Å²) in [4.78, 5) is 0. The van der Waals surface area contributed by atoms with Crippen LogP contribution in [0.25, 0.3) is 0 Å². The van der Waals surface area contributed by atoms with Crippen LogP contribution in [0, 0.1) is 6.92 Å². The minimum absolute atomic E-state index is 0. The minimum Gasteiger partial charge on any atom is -0.493 e. The van der Waals surface area contributed by atoms with Crippen LogP contribution in [-0.2, 0) is 6.42 Å². The number of hydrogen-bond donors (Lipinski definition) is 1. The second-order valence-electron chi connectivity index (χ2n) is 5.15. The molecule has 19 heavy (non-hydrogen) atoms. The van der Waals surface area contributed by atoms with Gasteiger partial charge < -0.3 is 10.5 Å². The third kappa shape index (κ3) is 4.55. The van der Waals surface area contributed by atoms with Gasteiger partial charge in [-0.05, 0) is 50.3 Å². The lowest BCUT2D eigenvalue weighted by atomic mass is 9.93. The fourth-order valence-corrected chi connectivity index (χ4v) is 2.34. The molecule has 0 aliphatic rings. The number of benzene rings is 1. The van der Waals surface area contributed by atoms with Gasteiger partial charge >= 0.3 is 0 Å². The van der Waals surface area contributed by atoms with E-state index in [9.17, 15) is 0 Å². The smallest absolute Gasteiger partial charge is 0.126 e. The summed E-state index contributed by atoms with van der Waals surface area (Å²) in [5.41, 5.74) is 9.35. The third-order valence-corrected chi connectivity index (χ3v) is 3.46. The van der Waals surface area contributed by atoms with Crippen molar-refractivity contribution in [3.8, 4) is 5.75 Å². The van der Waals surface area contributed by atoms with Gasteiger partial charge in [0.25, 0.3) is 0 Å². The van der Waals surface area contributed by atoms with Crippen LogP contribution in [0.5, 0.6) is 5.75 Å². The monoisotopic (exact) mass is 305 g/mol. The van der Waals surface area contributed by atoms with Crippen LogP contribution in [0.15, 0.2) is 6.07 Å². The first-order valence-corrected chi connectivity index (χ1v) is 6.96. The number of hydrogen-bond acceptors (Lipinski definition) is 2. The summed E-state index contributed by atoms with van der Waals surface area (Å²) in [5, 5.41) is 0.804. The lowest BCUT2D eigenvalue weighted by molar-refractivity contribution is 0.330. The van der Waals surface area contributed by atoms with E-state index in [4.69, 9.17) is 22.1 Å². The Balaban J connectivity index is 0.00000324. The van der Waals surface area contributed by atoms with Crippen LogP contribution >= 0.6 is 24.0 Å². The van der Waals surface area contributed by atoms with E-state index in [1.165, 1.54) is 5.56 Å². The minimum atomic E-state index is 0. The Morgan fingerprint density at radius 2 is 1.89 bits per heavy atom. The van der Waals surface area contributed by atoms with Gasteiger partial charge in [0.1, 0.15) is 5.75 Å². The standard InChI is InChI=1S/C15H24ClNO.ClH/c1-6-18-15-12(9(2)3)8-14(16)11(5)13(15)7-10(4)17;/h8-10H,6-7,17H2,1-5H3;1H. The van der Waals surface area contributed by atoms with Gasteiger partial charge in [0.2, 0.25) is 0 Å². The lowest BCUT2D eigenvalue weighted by Crippen LogP contribution is -2.19. The average molecular weight is 306 g/mol. The Morgan fingerprint density at radius 3 is 2.32 bits per heavy atom. The molecule has 0 saturated carbocycles. The van der Waals surface area contributed by atoms with Gasteiger partial charge in [-0.3, -0.25) is 0 Å². The van der Waals surface area contributed by atoms with E-state index >= 15 is 0 Å². The first kappa shape index (κ1) is 18.6. The van der Waals surface area contributed by atoms with E-state index in [0.717, 1.165) is 28.3 Å². The number of ether oxygens (including phenoxy) is 1. The predicted octanol–water partition coefficient (Wildman–Crippen LogP) is 4.48. The van der Waals surface area contributed by atoms with Gasteiger partial charge in [0.05, 0.1) is 6.61 Å². The van der Waals surface area contributed by atoms with Crippen molar-refractivity contribution in [3.63, 3.8) is 0 Å². The Bertz CT molecular complexity index is 417. The highest BCUT2D eigenvalue weighted by atomic mass is 35.5. The molecule has 1 atom stereocenters. The van der Waals surface area contributed by atoms with E-state index in [0.29, 0.717) is 12.5 Å². The summed E-state index contributed by atoms with van der Waals surface area (Å²) in [6.07, 6.45) is 0.793. The Kier molecular flexibility index (Phi) is 7.80. The van der Waals surface area contributed by atoms with Crippen LogP contribution < -0.4 is 10.5 Å². The van der Waals surface area contributed by atoms with Crippen molar-refractivity contribution in [1.82, 2.24) is 0 Å². The zero-order valence-electron chi connectivity index (χ0n) is 12.4. The van der Waals surface area contributed by atoms with Crippen molar-refractivity contribution in [3.05, 3.63) is 27.8 Å². The summed E-state index contributed by atoms with van der Waals surface area (Å²) >= 11 is 6.32. The van der Waals surface area contributed by atoms with E-state index in [1.807, 2.05) is 26.8 Å². The second kappa shape index (κ2) is 7.98. The van der Waals surface area contributed by atoms with Crippen LogP contribution in [0.3, 0.4) is 0 Å². The maximum Gasteiger partial charge on any atom is 0.126 e. The highest BCUT2D eigenvalue weighted by Gasteiger charge is 2.18. The Morgan fingerprint density at radius 1 is 1.32 bits per heavy atom. The van der Waals surface area contributed by atoms with E-state index in [1.54, 1.807) is 0 Å². The molecule has 0 aliphatic heterocycles. The van der Waals surface area contributed by atoms with Gasteiger partial charge in [-0.25, -0.2) is 0 Å². The SMILES string of the molecule is CCOc1c(C(C)C)cc(Cl)c(C)c1CC(C)N.Cl. The summed E-state index contributed by atoms with van der Waals surface area (Å²) in [6.45, 7) is 11.0. The van der Waals surface area contributed by atoms with E-state index in [2.05, 4.69) is 13.8 Å². The molecule has 4 heteroatoms. The normalized spacial score (nSPS) is 12.2. The maximum atomic E-state index is 6.32. The molecule has 0 heterocycles. The zero-order chi connectivity index (χ0) is 13.9. The fraction of sp³-hybridized carbons (Fsp3) is 0.600. The van der Waals surface area contributed by atoms with Crippen molar-refractivity contribution in [2.24, 2.45) is 5.73 Å². The summed E-state index contributed by atoms with van der Waals surface area (Å²) < 4.78 is 5.85. The molecule has 0 amide bonds. The molecule has 0 spiro atoms. The van der Waals surface area contributed by atoms with Gasteiger partial charge in [0.15, 0.2) is 0 Å². The van der Waals surface area contributed by atoms with Gasteiger partial charge in [-0.2, -0.15) is 0 Å². The number of rotatable bonds is 5. The second-order valence-corrected chi connectivity index (χ2v) is 5.56. The summed E-state index contributed by atoms with van der Waals surface area (Å²) in [5.74, 6) is 1.36. The molecule has 1 rings (SSSR count). The van der Waals surface area contributed by atoms with Gasteiger partial charge in [-0.1, -0.05) is 25.4 Å². The lowest BCUT2D eigenvalue weighted by Gasteiger charge is -2.21. The molecule has 0 bridgehead atoms. The highest BCUT2D eigenvalue weighted by Crippen LogP contribution is 2.37. The first-order chi connectivity index (χ1) is 8.38. The highest BCUT2D eigenvalue weighted by molar-refractivity contribution is 6.31. The quantitative estimate of drug-likeness (QED) is 0.870. The molecule has 1 aromatic carbocycles. The zero-order valence-corrected chi connectivity index (χ0v) is 14.0. The molecule has 110 valence electrons. The summed E-state index contributed by atoms with van der Waals surface area (Å²) in [7, 11) is 0. The molecule has 0 aromatic heterocycles. The van der Waals surface area contributed by atoms with Gasteiger partial charge in [-0.15, -0.1) is 12.4 Å². The molecule has 2 N–H and O–H groups in total. The molecule has 0 saturated heterocycles. The molecular formula is C15H25Cl2NO. The average Bonchev–Trinajstić information content (AvgIpc) is 2.27. The van der Waals surface area contributed by atoms with E-state index < -0.39 is 0 Å². The van der Waals surface area contributed by atoms with Crippen LogP contribution in [0.1, 0.15) is 50.3 Å². The Labute approximate surface area is 128 Å². The molecule has 1 unspecified atom stereocenters. The molecular weight excluding hydrogens is 281 g/mol. The topological polar surface area (TPSA) is 35.2 Å². The molecule has 2 nitrogen and oxygen atoms in total. The molecule has 0 fully saturated rings. The van der Waals surface area contributed by atoms with Crippen molar-refractivity contribution in [2.75, 3.05) is 6.61 Å². The van der Waals surface area contributed by atoms with Crippen molar-refractivity contribution >= 4 is 24.0 Å². The predicted molar refractivity (Wildman–Crippen MR) is 86.0 cm³/mol. The van der Waals surface area contributed by atoms with Crippen molar-refractivity contribution in [2.45, 2.75) is 53.0 Å². The maximum absolute atomic E-state index is 6.32. The molecule has 1 aromatic rings. The van der Waals surface area contributed by atoms with Crippen molar-refractivity contribution < 1.29 is 4.74 Å². The van der Waals surface area contributed by atoms with Crippen LogP contribution in [0.2, 0.25) is 5.02 Å². The van der Waals surface area contributed by atoms with Crippen LogP contribution in [-0.4, -0.2) is 12.6 Å². The number of nitrogens with two attached hydrogens (primary N) is 1. The fourth-order valence-electron chi connectivity index (χ4n) is 2.11. The number of halogens is 2. The first-order valence-electron chi connectivity index (χ1n) is 6.58. The van der Waals surface area contributed by atoms with Gasteiger partial charge in [0, 0.05) is 16.6 Å². The van der Waals surface area contributed by atoms with Crippen LogP contribution in [0.4, 0.5) is 0 Å².